The number of thiophene rings is 1. The van der Waals surface area contributed by atoms with Crippen molar-refractivity contribution in [3.05, 3.63) is 33.8 Å². The van der Waals surface area contributed by atoms with Gasteiger partial charge in [-0.05, 0) is 17.9 Å². The van der Waals surface area contributed by atoms with Crippen LogP contribution in [-0.4, -0.2) is 27.5 Å². The number of amides is 1. The number of nitrogens with zero attached hydrogens (tertiary/aromatic N) is 3. The Morgan fingerprint density at radius 2 is 2.14 bits per heavy atom. The van der Waals surface area contributed by atoms with Gasteiger partial charge >= 0.3 is 6.18 Å². The van der Waals surface area contributed by atoms with E-state index in [4.69, 9.17) is 0 Å². The Balaban J connectivity index is 2.14. The molecule has 9 heteroatoms. The Hall–Kier alpha value is -2.16. The van der Waals surface area contributed by atoms with Crippen LogP contribution in [0.25, 0.3) is 11.4 Å². The summed E-state index contributed by atoms with van der Waals surface area (Å²) in [5.74, 6) is -0.0486. The van der Waals surface area contributed by atoms with Crippen LogP contribution >= 0.6 is 11.3 Å². The third-order valence-corrected chi connectivity index (χ3v) is 4.05. The van der Waals surface area contributed by atoms with E-state index in [1.54, 1.807) is 16.8 Å². The first-order valence-electron chi connectivity index (χ1n) is 6.31. The largest absolute Gasteiger partial charge is 0.530 e. The van der Waals surface area contributed by atoms with Gasteiger partial charge in [-0.15, -0.1) is 0 Å². The number of hydrogen-bond acceptors (Lipinski definition) is 5. The van der Waals surface area contributed by atoms with Crippen LogP contribution in [0, 0.1) is 0 Å². The van der Waals surface area contributed by atoms with E-state index in [2.05, 4.69) is 9.97 Å². The third-order valence-electron chi connectivity index (χ3n) is 3.37. The Morgan fingerprint density at radius 3 is 2.73 bits per heavy atom. The minimum absolute atomic E-state index is 0.0380. The predicted octanol–water partition coefficient (Wildman–Crippen LogP) is 1.93. The maximum absolute atomic E-state index is 13.2. The number of fused-ring (bicyclic) bond motifs is 1. The zero-order valence-electron chi connectivity index (χ0n) is 11.1. The summed E-state index contributed by atoms with van der Waals surface area (Å²) in [5.41, 5.74) is -0.469. The lowest BCUT2D eigenvalue weighted by atomic mass is 10.0. The molecule has 3 heterocycles. The first kappa shape index (κ1) is 14.8. The van der Waals surface area contributed by atoms with Crippen molar-refractivity contribution in [2.24, 2.45) is 0 Å². The molecule has 1 aliphatic rings. The van der Waals surface area contributed by atoms with Gasteiger partial charge in [0, 0.05) is 23.1 Å². The molecule has 0 fully saturated rings. The second-order valence-corrected chi connectivity index (χ2v) is 5.55. The standard InChI is InChI=1S/C13H10F3N3O2S/c14-13(15,16)10-8-1-3-19(12(20)21)5-9(8)17-11(18-10)7-2-4-22-6-7/h2,4,6H,1,3,5H2,(H,20,21)/p-1. The van der Waals surface area contributed by atoms with Crippen LogP contribution in [0.5, 0.6) is 0 Å². The van der Waals surface area contributed by atoms with Crippen LogP contribution in [0.4, 0.5) is 18.0 Å². The molecule has 5 nitrogen and oxygen atoms in total. The molecule has 0 bridgehead atoms. The van der Waals surface area contributed by atoms with E-state index in [9.17, 15) is 23.1 Å². The third kappa shape index (κ3) is 2.63. The molecule has 0 atom stereocenters. The van der Waals surface area contributed by atoms with Crippen molar-refractivity contribution in [3.63, 3.8) is 0 Å². The molecule has 0 unspecified atom stereocenters. The van der Waals surface area contributed by atoms with E-state index in [-0.39, 0.29) is 36.6 Å². The van der Waals surface area contributed by atoms with Crippen molar-refractivity contribution < 1.29 is 23.1 Å². The normalized spacial score (nSPS) is 14.8. The number of rotatable bonds is 1. The zero-order valence-corrected chi connectivity index (χ0v) is 11.9. The molecular weight excluding hydrogens is 319 g/mol. The Morgan fingerprint density at radius 1 is 1.36 bits per heavy atom. The van der Waals surface area contributed by atoms with Crippen molar-refractivity contribution in [1.82, 2.24) is 14.9 Å². The van der Waals surface area contributed by atoms with Crippen LogP contribution in [0.1, 0.15) is 17.0 Å². The van der Waals surface area contributed by atoms with Gasteiger partial charge in [-0.2, -0.15) is 24.5 Å². The van der Waals surface area contributed by atoms with E-state index in [1.807, 2.05) is 0 Å². The summed E-state index contributed by atoms with van der Waals surface area (Å²) in [6.45, 7) is -0.278. The van der Waals surface area contributed by atoms with Crippen molar-refractivity contribution in [1.29, 1.82) is 0 Å². The highest BCUT2D eigenvalue weighted by molar-refractivity contribution is 7.08. The number of carbonyl (C=O) groups excluding carboxylic acids is 1. The molecule has 3 rings (SSSR count). The lowest BCUT2D eigenvalue weighted by Gasteiger charge is -2.31. The summed E-state index contributed by atoms with van der Waals surface area (Å²) >= 11 is 1.31. The maximum Gasteiger partial charge on any atom is 0.433 e. The number of aromatic nitrogens is 2. The van der Waals surface area contributed by atoms with Gasteiger partial charge in [-0.1, -0.05) is 0 Å². The Kier molecular flexibility index (Phi) is 3.51. The average Bonchev–Trinajstić information content (AvgIpc) is 2.98. The molecule has 0 saturated heterocycles. The van der Waals surface area contributed by atoms with Gasteiger partial charge < -0.3 is 14.8 Å². The molecule has 1 amide bonds. The van der Waals surface area contributed by atoms with Gasteiger partial charge in [0.1, 0.15) is 6.09 Å². The van der Waals surface area contributed by atoms with Gasteiger partial charge in [0.25, 0.3) is 0 Å². The first-order valence-corrected chi connectivity index (χ1v) is 7.26. The van der Waals surface area contributed by atoms with E-state index >= 15 is 0 Å². The number of halogens is 3. The number of carboxylic acid groups (broad SMARTS) is 1. The minimum atomic E-state index is -4.61. The Bertz CT molecular complexity index is 716. The van der Waals surface area contributed by atoms with Gasteiger partial charge in [-0.3, -0.25) is 0 Å². The van der Waals surface area contributed by atoms with Gasteiger partial charge in [-0.25, -0.2) is 9.97 Å². The second-order valence-electron chi connectivity index (χ2n) is 4.77. The van der Waals surface area contributed by atoms with Crippen LogP contribution in [-0.2, 0) is 19.1 Å². The predicted molar refractivity (Wildman–Crippen MR) is 69.9 cm³/mol. The maximum atomic E-state index is 13.2. The summed E-state index contributed by atoms with van der Waals surface area (Å²) in [7, 11) is 0. The first-order chi connectivity index (χ1) is 10.4. The molecule has 2 aromatic rings. The van der Waals surface area contributed by atoms with Crippen LogP contribution < -0.4 is 5.11 Å². The summed E-state index contributed by atoms with van der Waals surface area (Å²) in [4.78, 5) is 19.6. The van der Waals surface area contributed by atoms with Crippen LogP contribution in [0.2, 0.25) is 0 Å². The number of alkyl halides is 3. The van der Waals surface area contributed by atoms with Crippen molar-refractivity contribution in [2.75, 3.05) is 6.54 Å². The summed E-state index contributed by atoms with van der Waals surface area (Å²) in [5, 5.41) is 14.3. The summed E-state index contributed by atoms with van der Waals surface area (Å²) in [6.07, 6.45) is -6.11. The summed E-state index contributed by atoms with van der Waals surface area (Å²) in [6, 6.07) is 1.62. The monoisotopic (exact) mass is 328 g/mol. The highest BCUT2D eigenvalue weighted by Crippen LogP contribution is 2.35. The van der Waals surface area contributed by atoms with E-state index < -0.39 is 18.0 Å². The van der Waals surface area contributed by atoms with Gasteiger partial charge in [0.05, 0.1) is 12.2 Å². The smallest absolute Gasteiger partial charge is 0.433 e. The SMILES string of the molecule is O=C([O-])N1CCc2c(nc(-c3ccsc3)nc2C(F)(F)F)C1. The highest BCUT2D eigenvalue weighted by atomic mass is 32.1. The molecular formula is C13H9F3N3O2S-. The molecule has 22 heavy (non-hydrogen) atoms. The summed E-state index contributed by atoms with van der Waals surface area (Å²) < 4.78 is 39.7. The van der Waals surface area contributed by atoms with Crippen molar-refractivity contribution in [2.45, 2.75) is 19.1 Å². The fourth-order valence-corrected chi connectivity index (χ4v) is 2.98. The van der Waals surface area contributed by atoms with Gasteiger partial charge in [0.15, 0.2) is 11.5 Å². The molecule has 0 N–H and O–H groups in total. The topological polar surface area (TPSA) is 69.2 Å². The van der Waals surface area contributed by atoms with E-state index in [1.165, 1.54) is 11.3 Å². The molecule has 0 aliphatic carbocycles. The van der Waals surface area contributed by atoms with E-state index in [0.29, 0.717) is 5.56 Å². The molecule has 0 radical (unpaired) electrons. The van der Waals surface area contributed by atoms with E-state index in [0.717, 1.165) is 4.90 Å². The fraction of sp³-hybridized carbons (Fsp3) is 0.308. The zero-order chi connectivity index (χ0) is 15.9. The molecule has 0 aromatic carbocycles. The average molecular weight is 328 g/mol. The van der Waals surface area contributed by atoms with Crippen LogP contribution in [0.3, 0.4) is 0 Å². The highest BCUT2D eigenvalue weighted by Gasteiger charge is 2.38. The fourth-order valence-electron chi connectivity index (χ4n) is 2.34. The molecule has 0 spiro atoms. The van der Waals surface area contributed by atoms with Crippen LogP contribution in [0.15, 0.2) is 16.8 Å². The lowest BCUT2D eigenvalue weighted by molar-refractivity contribution is -0.266. The number of hydrogen-bond donors (Lipinski definition) is 0. The second kappa shape index (κ2) is 5.24. The molecule has 1 aliphatic heterocycles. The van der Waals surface area contributed by atoms with Crippen molar-refractivity contribution in [3.8, 4) is 11.4 Å². The van der Waals surface area contributed by atoms with Gasteiger partial charge in [0.2, 0.25) is 0 Å². The minimum Gasteiger partial charge on any atom is -0.530 e. The molecule has 2 aromatic heterocycles. The van der Waals surface area contributed by atoms with Crippen molar-refractivity contribution >= 4 is 17.4 Å². The molecule has 116 valence electrons. The molecule has 0 saturated carbocycles. The Labute approximate surface area is 127 Å². The lowest BCUT2D eigenvalue weighted by Crippen LogP contribution is -2.44. The number of carbonyl (C=O) groups is 1. The quantitative estimate of drug-likeness (QED) is 0.802.